The Morgan fingerprint density at radius 1 is 1.00 bits per heavy atom. The predicted molar refractivity (Wildman–Crippen MR) is 108 cm³/mol. The molecule has 1 amide bonds. The Morgan fingerprint density at radius 2 is 1.69 bits per heavy atom. The third-order valence-electron chi connectivity index (χ3n) is 4.02. The van der Waals surface area contributed by atoms with E-state index in [1.807, 2.05) is 0 Å². The molecule has 3 rings (SSSR count). The number of carbonyl (C=O) groups is 2. The van der Waals surface area contributed by atoms with Gasteiger partial charge in [-0.2, -0.15) is 5.10 Å². The number of nitrogens with one attached hydrogen (secondary N) is 1. The summed E-state index contributed by atoms with van der Waals surface area (Å²) in [5.41, 5.74) is 4.19. The molecule has 1 aromatic heterocycles. The van der Waals surface area contributed by atoms with Crippen molar-refractivity contribution in [3.05, 3.63) is 77.6 Å². The summed E-state index contributed by atoms with van der Waals surface area (Å²) >= 11 is 0. The van der Waals surface area contributed by atoms with E-state index in [-0.39, 0.29) is 11.9 Å². The van der Waals surface area contributed by atoms with Gasteiger partial charge in [0.2, 0.25) is 0 Å². The number of methoxy groups -OCH3 is 1. The largest absolute Gasteiger partial charge is 0.497 e. The molecular weight excluding hydrogens is 372 g/mol. The van der Waals surface area contributed by atoms with Gasteiger partial charge in [-0.1, -0.05) is 12.1 Å². The molecule has 0 unspecified atom stereocenters. The summed E-state index contributed by atoms with van der Waals surface area (Å²) in [7, 11) is 1.56. The number of rotatable bonds is 7. The molecule has 29 heavy (non-hydrogen) atoms. The molecule has 7 nitrogen and oxygen atoms in total. The molecule has 0 spiro atoms. The SMILES string of the molecule is CCOC(=O)c1ccc(-c2ccc(C=NNC(=O)c3ccc(OC)cc3)o2)cc1. The molecule has 7 heteroatoms. The summed E-state index contributed by atoms with van der Waals surface area (Å²) in [6, 6.07) is 17.1. The number of nitrogens with zero attached hydrogens (tertiary/aromatic N) is 1. The molecule has 0 atom stereocenters. The number of benzene rings is 2. The molecule has 0 aliphatic carbocycles. The van der Waals surface area contributed by atoms with Crippen LogP contribution in [-0.2, 0) is 4.74 Å². The lowest BCUT2D eigenvalue weighted by Gasteiger charge is -2.02. The standard InChI is InChI=1S/C22H20N2O5/c1-3-28-22(26)17-6-4-15(5-7-17)20-13-12-19(29-20)14-23-24-21(25)16-8-10-18(27-2)11-9-16/h4-14H,3H2,1-2H3,(H,24,25). The molecule has 0 aliphatic rings. The van der Waals surface area contributed by atoms with E-state index < -0.39 is 0 Å². The Bertz CT molecular complexity index is 1000. The van der Waals surface area contributed by atoms with Crippen LogP contribution in [0.3, 0.4) is 0 Å². The molecule has 0 saturated carbocycles. The van der Waals surface area contributed by atoms with Gasteiger partial charge in [-0.05, 0) is 55.5 Å². The predicted octanol–water partition coefficient (Wildman–Crippen LogP) is 3.90. The van der Waals surface area contributed by atoms with Crippen LogP contribution in [0.5, 0.6) is 5.75 Å². The van der Waals surface area contributed by atoms with Crippen LogP contribution in [0.25, 0.3) is 11.3 Å². The second-order valence-corrected chi connectivity index (χ2v) is 5.93. The molecule has 1 heterocycles. The zero-order valence-electron chi connectivity index (χ0n) is 16.0. The van der Waals surface area contributed by atoms with Crippen LogP contribution in [0.15, 0.2) is 70.2 Å². The van der Waals surface area contributed by atoms with Gasteiger partial charge in [-0.25, -0.2) is 10.2 Å². The molecule has 0 aliphatic heterocycles. The van der Waals surface area contributed by atoms with Crippen LogP contribution in [0.1, 0.15) is 33.4 Å². The molecule has 148 valence electrons. The van der Waals surface area contributed by atoms with Crippen molar-refractivity contribution < 1.29 is 23.5 Å². The van der Waals surface area contributed by atoms with Crippen molar-refractivity contribution in [1.29, 1.82) is 0 Å². The topological polar surface area (TPSA) is 90.1 Å². The molecule has 3 aromatic rings. The first-order valence-electron chi connectivity index (χ1n) is 8.95. The molecule has 0 radical (unpaired) electrons. The normalized spacial score (nSPS) is 10.7. The van der Waals surface area contributed by atoms with Crippen LogP contribution in [0.4, 0.5) is 0 Å². The highest BCUT2D eigenvalue weighted by Crippen LogP contribution is 2.22. The van der Waals surface area contributed by atoms with Crippen molar-refractivity contribution in [2.24, 2.45) is 5.10 Å². The second kappa shape index (κ2) is 9.36. The van der Waals surface area contributed by atoms with Crippen molar-refractivity contribution >= 4 is 18.1 Å². The zero-order chi connectivity index (χ0) is 20.6. The third kappa shape index (κ3) is 5.10. The average Bonchev–Trinajstić information content (AvgIpc) is 3.23. The van der Waals surface area contributed by atoms with Gasteiger partial charge in [0.25, 0.3) is 5.91 Å². The fraction of sp³-hybridized carbons (Fsp3) is 0.136. The number of carbonyl (C=O) groups excluding carboxylic acids is 2. The highest BCUT2D eigenvalue weighted by atomic mass is 16.5. The van der Waals surface area contributed by atoms with Crippen molar-refractivity contribution in [2.45, 2.75) is 6.92 Å². The Balaban J connectivity index is 1.60. The van der Waals surface area contributed by atoms with E-state index in [2.05, 4.69) is 10.5 Å². The second-order valence-electron chi connectivity index (χ2n) is 5.93. The summed E-state index contributed by atoms with van der Waals surface area (Å²) < 4.78 is 15.7. The van der Waals surface area contributed by atoms with Gasteiger partial charge in [0.1, 0.15) is 17.3 Å². The van der Waals surface area contributed by atoms with Gasteiger partial charge in [-0.3, -0.25) is 4.79 Å². The van der Waals surface area contributed by atoms with Gasteiger partial charge in [0.15, 0.2) is 0 Å². The fourth-order valence-corrected chi connectivity index (χ4v) is 2.52. The molecule has 0 bridgehead atoms. The van der Waals surface area contributed by atoms with Crippen molar-refractivity contribution in [3.63, 3.8) is 0 Å². The van der Waals surface area contributed by atoms with E-state index in [1.54, 1.807) is 74.7 Å². The third-order valence-corrected chi connectivity index (χ3v) is 4.02. The average molecular weight is 392 g/mol. The number of hydrogen-bond donors (Lipinski definition) is 1. The van der Waals surface area contributed by atoms with Crippen LogP contribution in [0, 0.1) is 0 Å². The van der Waals surface area contributed by atoms with Crippen LogP contribution in [-0.4, -0.2) is 31.8 Å². The Kier molecular flexibility index (Phi) is 6.42. The van der Waals surface area contributed by atoms with Crippen molar-refractivity contribution in [2.75, 3.05) is 13.7 Å². The summed E-state index contributed by atoms with van der Waals surface area (Å²) in [6.45, 7) is 2.09. The first kappa shape index (κ1) is 19.9. The van der Waals surface area contributed by atoms with Gasteiger partial charge < -0.3 is 13.9 Å². The van der Waals surface area contributed by atoms with E-state index in [0.717, 1.165) is 5.56 Å². The monoisotopic (exact) mass is 392 g/mol. The van der Waals surface area contributed by atoms with Gasteiger partial charge in [-0.15, -0.1) is 0 Å². The van der Waals surface area contributed by atoms with E-state index in [9.17, 15) is 9.59 Å². The molecule has 0 fully saturated rings. The van der Waals surface area contributed by atoms with Gasteiger partial charge >= 0.3 is 5.97 Å². The number of hydrazone groups is 1. The maximum atomic E-state index is 12.1. The molecule has 2 aromatic carbocycles. The quantitative estimate of drug-likeness (QED) is 0.374. The fourth-order valence-electron chi connectivity index (χ4n) is 2.52. The number of hydrogen-bond acceptors (Lipinski definition) is 6. The van der Waals surface area contributed by atoms with Gasteiger partial charge in [0, 0.05) is 11.1 Å². The lowest BCUT2D eigenvalue weighted by atomic mass is 10.1. The van der Waals surface area contributed by atoms with Crippen LogP contribution < -0.4 is 10.2 Å². The molecular formula is C22H20N2O5. The molecule has 0 saturated heterocycles. The first-order valence-corrected chi connectivity index (χ1v) is 8.95. The smallest absolute Gasteiger partial charge is 0.338 e. The number of furan rings is 1. The van der Waals surface area contributed by atoms with Crippen LogP contribution in [0.2, 0.25) is 0 Å². The first-order chi connectivity index (χ1) is 14.1. The van der Waals surface area contributed by atoms with E-state index in [0.29, 0.717) is 35.0 Å². The summed E-state index contributed by atoms with van der Waals surface area (Å²) in [5, 5.41) is 3.91. The lowest BCUT2D eigenvalue weighted by molar-refractivity contribution is 0.0526. The summed E-state index contributed by atoms with van der Waals surface area (Å²) in [5.74, 6) is 1.06. The zero-order valence-corrected chi connectivity index (χ0v) is 16.0. The lowest BCUT2D eigenvalue weighted by Crippen LogP contribution is -2.17. The Labute approximate surface area is 167 Å². The Hall–Kier alpha value is -3.87. The summed E-state index contributed by atoms with van der Waals surface area (Å²) in [6.07, 6.45) is 1.41. The minimum absolute atomic E-state index is 0.330. The van der Waals surface area contributed by atoms with E-state index in [4.69, 9.17) is 13.9 Å². The minimum Gasteiger partial charge on any atom is -0.497 e. The highest BCUT2D eigenvalue weighted by Gasteiger charge is 2.09. The van der Waals surface area contributed by atoms with Crippen LogP contribution >= 0.6 is 0 Å². The molecule has 1 N–H and O–H groups in total. The number of esters is 1. The summed E-state index contributed by atoms with van der Waals surface area (Å²) in [4.78, 5) is 23.8. The minimum atomic E-state index is -0.362. The van der Waals surface area contributed by atoms with E-state index in [1.165, 1.54) is 6.21 Å². The van der Waals surface area contributed by atoms with E-state index >= 15 is 0 Å². The highest BCUT2D eigenvalue weighted by molar-refractivity contribution is 5.94. The Morgan fingerprint density at radius 3 is 2.34 bits per heavy atom. The van der Waals surface area contributed by atoms with Crippen molar-refractivity contribution in [1.82, 2.24) is 5.43 Å². The van der Waals surface area contributed by atoms with Crippen molar-refractivity contribution in [3.8, 4) is 17.1 Å². The maximum Gasteiger partial charge on any atom is 0.338 e. The number of ether oxygens (including phenoxy) is 2. The van der Waals surface area contributed by atoms with Gasteiger partial charge in [0.05, 0.1) is 25.5 Å². The number of amides is 1. The maximum absolute atomic E-state index is 12.1.